The predicted molar refractivity (Wildman–Crippen MR) is 72.8 cm³/mol. The quantitative estimate of drug-likeness (QED) is 0.939. The first-order valence-corrected chi connectivity index (χ1v) is 6.33. The van der Waals surface area contributed by atoms with Crippen molar-refractivity contribution >= 4 is 34.7 Å². The molecule has 0 saturated carbocycles. The molecule has 0 aliphatic heterocycles. The van der Waals surface area contributed by atoms with Crippen molar-refractivity contribution in [3.05, 3.63) is 39.9 Å². The number of rotatable bonds is 3. The summed E-state index contributed by atoms with van der Waals surface area (Å²) in [6, 6.07) is 6.80. The van der Waals surface area contributed by atoms with E-state index in [1.807, 2.05) is 6.92 Å². The highest BCUT2D eigenvalue weighted by atomic mass is 35.5. The van der Waals surface area contributed by atoms with Gasteiger partial charge in [0.25, 0.3) is 5.91 Å². The summed E-state index contributed by atoms with van der Waals surface area (Å²) in [7, 11) is 1.54. The molecule has 18 heavy (non-hydrogen) atoms. The summed E-state index contributed by atoms with van der Waals surface area (Å²) in [5.74, 6) is 0.319. The number of aryl methyl sites for hydroxylation is 1. The van der Waals surface area contributed by atoms with Crippen LogP contribution in [0.25, 0.3) is 0 Å². The first kappa shape index (κ1) is 12.9. The first-order chi connectivity index (χ1) is 8.60. The fourth-order valence-corrected chi connectivity index (χ4v) is 2.21. The molecule has 94 valence electrons. The maximum Gasteiger partial charge on any atom is 0.275 e. The number of amides is 1. The molecule has 1 aromatic carbocycles. The van der Waals surface area contributed by atoms with Gasteiger partial charge >= 0.3 is 0 Å². The average Bonchev–Trinajstić information content (AvgIpc) is 2.76. The summed E-state index contributed by atoms with van der Waals surface area (Å²) in [6.07, 6.45) is 0. The van der Waals surface area contributed by atoms with E-state index >= 15 is 0 Å². The van der Waals surface area contributed by atoms with Crippen molar-refractivity contribution in [2.45, 2.75) is 6.92 Å². The number of carbonyl (C=O) groups is 1. The van der Waals surface area contributed by atoms with Crippen LogP contribution in [0.15, 0.2) is 24.3 Å². The zero-order valence-corrected chi connectivity index (χ0v) is 11.4. The van der Waals surface area contributed by atoms with Crippen molar-refractivity contribution < 1.29 is 9.53 Å². The van der Waals surface area contributed by atoms with Crippen LogP contribution in [0.3, 0.4) is 0 Å². The average molecular weight is 283 g/mol. The summed E-state index contributed by atoms with van der Waals surface area (Å²) in [5.41, 5.74) is 1.01. The van der Waals surface area contributed by atoms with Crippen LogP contribution in [0.1, 0.15) is 15.4 Å². The van der Waals surface area contributed by atoms with Crippen LogP contribution in [0, 0.1) is 6.92 Å². The normalized spacial score (nSPS) is 10.2. The number of nitrogens with one attached hydrogen (secondary N) is 1. The molecule has 2 rings (SSSR count). The van der Waals surface area contributed by atoms with E-state index in [0.717, 1.165) is 4.88 Å². The maximum atomic E-state index is 11.9. The summed E-state index contributed by atoms with van der Waals surface area (Å²) in [4.78, 5) is 12.8. The monoisotopic (exact) mass is 282 g/mol. The Balaban J connectivity index is 2.14. The number of hydrogen-bond acceptors (Lipinski definition) is 4. The number of carbonyl (C=O) groups excluding carboxylic acids is 1. The van der Waals surface area contributed by atoms with Crippen molar-refractivity contribution in [2.24, 2.45) is 0 Å². The highest BCUT2D eigenvalue weighted by molar-refractivity contribution is 7.05. The van der Waals surface area contributed by atoms with Crippen LogP contribution >= 0.6 is 23.1 Å². The van der Waals surface area contributed by atoms with E-state index in [0.29, 0.717) is 22.2 Å². The van der Waals surface area contributed by atoms with E-state index in [1.54, 1.807) is 24.3 Å². The lowest BCUT2D eigenvalue weighted by Gasteiger charge is -2.06. The molecule has 0 fully saturated rings. The van der Waals surface area contributed by atoms with E-state index in [2.05, 4.69) is 9.69 Å². The topological polar surface area (TPSA) is 51.2 Å². The van der Waals surface area contributed by atoms with E-state index in [9.17, 15) is 4.79 Å². The molecule has 4 nitrogen and oxygen atoms in total. The Kier molecular flexibility index (Phi) is 3.84. The van der Waals surface area contributed by atoms with Crippen molar-refractivity contribution in [1.82, 2.24) is 4.37 Å². The molecule has 1 amide bonds. The third kappa shape index (κ3) is 2.80. The number of aromatic nitrogens is 1. The zero-order chi connectivity index (χ0) is 13.1. The van der Waals surface area contributed by atoms with Crippen LogP contribution < -0.4 is 10.1 Å². The standard InChI is InChI=1S/C12H11ClN2O2S/c1-7-5-10(15-18-7)12(16)14-8-3-4-11(17-2)9(13)6-8/h3-6H,1-2H3,(H,14,16). The number of hydrogen-bond donors (Lipinski definition) is 1. The van der Waals surface area contributed by atoms with Crippen molar-refractivity contribution in [2.75, 3.05) is 12.4 Å². The lowest BCUT2D eigenvalue weighted by atomic mass is 10.3. The molecular formula is C12H11ClN2O2S. The highest BCUT2D eigenvalue weighted by Crippen LogP contribution is 2.27. The first-order valence-electron chi connectivity index (χ1n) is 5.18. The Bertz CT molecular complexity index is 583. The molecule has 1 heterocycles. The van der Waals surface area contributed by atoms with Gasteiger partial charge in [-0.05, 0) is 42.7 Å². The minimum atomic E-state index is -0.249. The Morgan fingerprint density at radius 2 is 2.22 bits per heavy atom. The van der Waals surface area contributed by atoms with E-state index in [-0.39, 0.29) is 5.91 Å². The molecule has 0 atom stereocenters. The Hall–Kier alpha value is -1.59. The fourth-order valence-electron chi connectivity index (χ4n) is 1.41. The lowest BCUT2D eigenvalue weighted by molar-refractivity contribution is 0.102. The lowest BCUT2D eigenvalue weighted by Crippen LogP contribution is -2.12. The Labute approximate surface area is 114 Å². The minimum Gasteiger partial charge on any atom is -0.495 e. The summed E-state index contributed by atoms with van der Waals surface area (Å²) >= 11 is 7.27. The van der Waals surface area contributed by atoms with Gasteiger partial charge in [-0.2, -0.15) is 4.37 Å². The summed E-state index contributed by atoms with van der Waals surface area (Å²) in [5, 5.41) is 3.18. The zero-order valence-electron chi connectivity index (χ0n) is 9.86. The van der Waals surface area contributed by atoms with Gasteiger partial charge in [0.15, 0.2) is 0 Å². The highest BCUT2D eigenvalue weighted by Gasteiger charge is 2.10. The van der Waals surface area contributed by atoms with Crippen LogP contribution in [-0.2, 0) is 0 Å². The number of benzene rings is 1. The summed E-state index contributed by atoms with van der Waals surface area (Å²) < 4.78 is 9.08. The van der Waals surface area contributed by atoms with Crippen LogP contribution in [0.5, 0.6) is 5.75 Å². The second-order valence-electron chi connectivity index (χ2n) is 3.63. The van der Waals surface area contributed by atoms with Gasteiger partial charge in [-0.25, -0.2) is 0 Å². The Morgan fingerprint density at radius 3 is 2.78 bits per heavy atom. The fraction of sp³-hybridized carbons (Fsp3) is 0.167. The van der Waals surface area contributed by atoms with Crippen molar-refractivity contribution in [3.8, 4) is 5.75 Å². The number of ether oxygens (including phenoxy) is 1. The van der Waals surface area contributed by atoms with Gasteiger partial charge in [0.05, 0.1) is 12.1 Å². The molecule has 0 spiro atoms. The van der Waals surface area contributed by atoms with Gasteiger partial charge in [-0.1, -0.05) is 11.6 Å². The molecule has 1 N–H and O–H groups in total. The van der Waals surface area contributed by atoms with Gasteiger partial charge < -0.3 is 10.1 Å². The number of halogens is 1. The molecule has 0 radical (unpaired) electrons. The molecule has 0 unspecified atom stereocenters. The van der Waals surface area contributed by atoms with Gasteiger partial charge in [0.2, 0.25) is 0 Å². The molecule has 0 bridgehead atoms. The van der Waals surface area contributed by atoms with E-state index in [4.69, 9.17) is 16.3 Å². The van der Waals surface area contributed by atoms with Crippen LogP contribution in [0.4, 0.5) is 5.69 Å². The smallest absolute Gasteiger partial charge is 0.275 e. The minimum absolute atomic E-state index is 0.249. The van der Waals surface area contributed by atoms with Gasteiger partial charge in [-0.3, -0.25) is 4.79 Å². The summed E-state index contributed by atoms with van der Waals surface area (Å²) in [6.45, 7) is 1.90. The molecule has 2 aromatic rings. The van der Waals surface area contributed by atoms with Gasteiger partial charge in [0, 0.05) is 10.6 Å². The molecule has 1 aromatic heterocycles. The molecule has 0 saturated heterocycles. The SMILES string of the molecule is COc1ccc(NC(=O)c2cc(C)sn2)cc1Cl. The molecular weight excluding hydrogens is 272 g/mol. The number of anilines is 1. The van der Waals surface area contributed by atoms with Crippen LogP contribution in [0.2, 0.25) is 5.02 Å². The second-order valence-corrected chi connectivity index (χ2v) is 5.04. The third-order valence-corrected chi connectivity index (χ3v) is 3.26. The van der Waals surface area contributed by atoms with Crippen LogP contribution in [-0.4, -0.2) is 17.4 Å². The van der Waals surface area contributed by atoms with E-state index in [1.165, 1.54) is 18.6 Å². The van der Waals surface area contributed by atoms with Gasteiger partial charge in [-0.15, -0.1) is 0 Å². The third-order valence-electron chi connectivity index (χ3n) is 2.27. The largest absolute Gasteiger partial charge is 0.495 e. The maximum absolute atomic E-state index is 11.9. The molecule has 0 aliphatic carbocycles. The number of methoxy groups -OCH3 is 1. The molecule has 0 aliphatic rings. The molecule has 6 heteroatoms. The van der Waals surface area contributed by atoms with Gasteiger partial charge in [0.1, 0.15) is 11.4 Å². The van der Waals surface area contributed by atoms with Crippen molar-refractivity contribution in [1.29, 1.82) is 0 Å². The Morgan fingerprint density at radius 1 is 1.44 bits per heavy atom. The van der Waals surface area contributed by atoms with Crippen molar-refractivity contribution in [3.63, 3.8) is 0 Å². The number of nitrogens with zero attached hydrogens (tertiary/aromatic N) is 1. The second kappa shape index (κ2) is 5.37. The predicted octanol–water partition coefficient (Wildman–Crippen LogP) is 3.37. The van der Waals surface area contributed by atoms with E-state index < -0.39 is 0 Å².